The second-order valence-corrected chi connectivity index (χ2v) is 57.0. The second-order valence-electron chi connectivity index (χ2n) is 26.9. The van der Waals surface area contributed by atoms with Crippen LogP contribution in [0.2, 0.25) is 109 Å². The molecule has 0 aromatic heterocycles. The van der Waals surface area contributed by atoms with Crippen molar-refractivity contribution < 1.29 is 31.3 Å². The fraction of sp³-hybridized carbons (Fsp3) is 0.959. The van der Waals surface area contributed by atoms with Gasteiger partial charge in [-0.25, -0.2) is 0 Å². The van der Waals surface area contributed by atoms with Gasteiger partial charge in [-0.2, -0.15) is 0 Å². The van der Waals surface area contributed by atoms with Crippen molar-refractivity contribution in [3.05, 3.63) is 10.2 Å². The zero-order valence-corrected chi connectivity index (χ0v) is 55.1. The van der Waals surface area contributed by atoms with Crippen molar-refractivity contribution >= 4 is 72.5 Å². The molecule has 1 fully saturated rings. The van der Waals surface area contributed by atoms with Gasteiger partial charge in [0.1, 0.15) is 12.2 Å². The fourth-order valence-corrected chi connectivity index (χ4v) is 16.5. The molecule has 376 valence electrons. The summed E-state index contributed by atoms with van der Waals surface area (Å²) >= 11 is 2.39. The van der Waals surface area contributed by atoms with E-state index in [9.17, 15) is 0 Å². The molecule has 7 nitrogen and oxygen atoms in total. The molecule has 0 unspecified atom stereocenters. The maximum Gasteiger partial charge on any atom is 0.192 e. The molecule has 0 radical (unpaired) electrons. The van der Waals surface area contributed by atoms with Crippen LogP contribution in [0.1, 0.15) is 144 Å². The van der Waals surface area contributed by atoms with Crippen LogP contribution in [0.5, 0.6) is 0 Å². The van der Waals surface area contributed by atoms with Crippen LogP contribution in [0.3, 0.4) is 0 Å². The zero-order valence-electron chi connectivity index (χ0n) is 46.9. The van der Waals surface area contributed by atoms with Crippen LogP contribution in [0, 0.1) is 0 Å². The van der Waals surface area contributed by atoms with Gasteiger partial charge in [0.15, 0.2) is 49.9 Å². The normalized spacial score (nSPS) is 22.6. The highest BCUT2D eigenvalue weighted by atomic mass is 127. The van der Waals surface area contributed by atoms with Crippen LogP contribution in [0.4, 0.5) is 0 Å². The molecule has 0 aliphatic carbocycles. The largest absolute Gasteiger partial charge is 0.414 e. The summed E-state index contributed by atoms with van der Waals surface area (Å²) in [6, 6.07) is 3.20. The predicted molar refractivity (Wildman–Crippen MR) is 299 cm³/mol. The average molecular weight is 1100 g/mol. The van der Waals surface area contributed by atoms with Gasteiger partial charge in [-0.1, -0.05) is 131 Å². The Morgan fingerprint density at radius 3 is 1.35 bits per heavy atom. The molecule has 1 heterocycles. The molecule has 7 atom stereocenters. The maximum atomic E-state index is 7.98. The average Bonchev–Trinajstić information content (AvgIpc) is 3.07. The third-order valence-corrected chi connectivity index (χ3v) is 44.7. The van der Waals surface area contributed by atoms with E-state index in [4.69, 9.17) is 31.3 Å². The smallest absolute Gasteiger partial charge is 0.192 e. The van der Waals surface area contributed by atoms with E-state index >= 15 is 0 Å². The van der Waals surface area contributed by atoms with Gasteiger partial charge in [0.2, 0.25) is 0 Å². The molecule has 14 heteroatoms. The van der Waals surface area contributed by atoms with Crippen LogP contribution in [-0.4, -0.2) is 99.2 Å². The quantitative estimate of drug-likeness (QED) is 0.0790. The lowest BCUT2D eigenvalue weighted by Crippen LogP contribution is -2.67. The number of hydrogen-bond donors (Lipinski definition) is 0. The Labute approximate surface area is 413 Å². The standard InChI is InChI=1S/C49H107IO7Si6/c1-30-63(31-2,32-3)51-36-41(55-60(24,25)47(11,12)13)43(57-62(28,29)49(17,18)19)44-42(56-61(26,27)48(14,15)16)40(54-59(22,23)46(8,9)10)35-39(52-44)38(34-33-37(4)50)53-58(20,21)45(5,6)7/h38-44H,4,30-36H2,1-3,5-29H3/t38-,39-,40-,41-,42-,43+,44-/m1/s1. The molecule has 0 spiro atoms. The first-order valence-electron chi connectivity index (χ1n) is 24.8. The number of rotatable bonds is 22. The van der Waals surface area contributed by atoms with Crippen molar-refractivity contribution in [2.75, 3.05) is 6.61 Å². The number of hydrogen-bond acceptors (Lipinski definition) is 7. The molecule has 1 aliphatic heterocycles. The number of halogens is 1. The van der Waals surface area contributed by atoms with Gasteiger partial charge in [0.05, 0.1) is 37.1 Å². The minimum Gasteiger partial charge on any atom is -0.414 e. The van der Waals surface area contributed by atoms with E-state index in [0.717, 1.165) is 34.6 Å². The number of ether oxygens (including phenoxy) is 1. The van der Waals surface area contributed by atoms with Crippen molar-refractivity contribution in [1.82, 2.24) is 0 Å². The molecule has 0 bridgehead atoms. The third-order valence-electron chi connectivity index (χ3n) is 17.0. The first-order valence-corrected chi connectivity index (χ1v) is 42.9. The molecular formula is C49H107IO7Si6. The monoisotopic (exact) mass is 1100 g/mol. The van der Waals surface area contributed by atoms with Gasteiger partial charge in [0, 0.05) is 6.42 Å². The molecule has 0 N–H and O–H groups in total. The first kappa shape index (κ1) is 62.5. The molecule has 0 aromatic rings. The summed E-state index contributed by atoms with van der Waals surface area (Å²) in [5.74, 6) is 0. The van der Waals surface area contributed by atoms with E-state index in [-0.39, 0.29) is 49.6 Å². The van der Waals surface area contributed by atoms with E-state index in [1.807, 2.05) is 0 Å². The van der Waals surface area contributed by atoms with Gasteiger partial charge in [-0.05, 0) is 148 Å². The predicted octanol–water partition coefficient (Wildman–Crippen LogP) is 16.8. The van der Waals surface area contributed by atoms with Gasteiger partial charge >= 0.3 is 0 Å². The Balaban J connectivity index is 4.68. The Kier molecular flexibility index (Phi) is 22.1. The van der Waals surface area contributed by atoms with Crippen LogP contribution < -0.4 is 0 Å². The summed E-state index contributed by atoms with van der Waals surface area (Å²) in [5, 5.41) is -0.145. The Hall–Kier alpha value is 1.49. The molecule has 0 amide bonds. The first-order chi connectivity index (χ1) is 27.8. The lowest BCUT2D eigenvalue weighted by Gasteiger charge is -2.55. The molecule has 0 aromatic carbocycles. The number of allylic oxidation sites excluding steroid dienone is 1. The van der Waals surface area contributed by atoms with E-state index in [1.54, 1.807) is 0 Å². The Morgan fingerprint density at radius 1 is 0.587 bits per heavy atom. The molecule has 1 aliphatic rings. The van der Waals surface area contributed by atoms with Gasteiger partial charge in [0.25, 0.3) is 0 Å². The Morgan fingerprint density at radius 2 is 0.968 bits per heavy atom. The van der Waals surface area contributed by atoms with Gasteiger partial charge < -0.3 is 31.3 Å². The molecule has 63 heavy (non-hydrogen) atoms. The van der Waals surface area contributed by atoms with E-state index < -0.39 is 68.2 Å². The summed E-state index contributed by atoms with van der Waals surface area (Å²) < 4.78 is 55.4. The summed E-state index contributed by atoms with van der Waals surface area (Å²) in [4.78, 5) is 0. The summed E-state index contributed by atoms with van der Waals surface area (Å²) in [6.07, 6.45) is -0.0598. The van der Waals surface area contributed by atoms with Gasteiger partial charge in [-0.3, -0.25) is 0 Å². The lowest BCUT2D eigenvalue weighted by molar-refractivity contribution is -0.220. The van der Waals surface area contributed by atoms with Gasteiger partial charge in [-0.15, -0.1) is 0 Å². The highest BCUT2D eigenvalue weighted by molar-refractivity contribution is 14.1. The topological polar surface area (TPSA) is 64.6 Å². The van der Waals surface area contributed by atoms with E-state index in [0.29, 0.717) is 13.0 Å². The SMILES string of the molecule is C=C(I)CC[C@@H](O[Si](C)(C)C(C)(C)C)[C@H]1C[C@@H](O[Si](C)(C)C(C)(C)C)[C@@H](O[Si](C)(C)C(C)(C)C)[C@H]([C@@H](O[Si](C)(C)C(C)(C)C)[C@@H](CO[Si](CC)(CC)CC)O[Si](C)(C)C(C)(C)C)O1. The molecular weight excluding hydrogens is 996 g/mol. The fourth-order valence-electron chi connectivity index (χ4n) is 6.86. The van der Waals surface area contributed by atoms with Crippen molar-refractivity contribution in [1.29, 1.82) is 0 Å². The molecule has 1 saturated heterocycles. The minimum atomic E-state index is -2.50. The van der Waals surface area contributed by atoms with Crippen LogP contribution in [0.15, 0.2) is 10.2 Å². The third kappa shape index (κ3) is 16.8. The van der Waals surface area contributed by atoms with Crippen molar-refractivity contribution in [2.45, 2.75) is 295 Å². The summed E-state index contributed by atoms with van der Waals surface area (Å²) in [5.41, 5.74) is 0. The highest BCUT2D eigenvalue weighted by Gasteiger charge is 2.57. The van der Waals surface area contributed by atoms with Crippen LogP contribution >= 0.6 is 22.6 Å². The van der Waals surface area contributed by atoms with Crippen molar-refractivity contribution in [2.24, 2.45) is 0 Å². The lowest BCUT2D eigenvalue weighted by atomic mass is 9.90. The van der Waals surface area contributed by atoms with Crippen LogP contribution in [0.25, 0.3) is 0 Å². The molecule has 0 saturated carbocycles. The van der Waals surface area contributed by atoms with Crippen LogP contribution in [-0.2, 0) is 31.3 Å². The Bertz CT molecular complexity index is 1420. The van der Waals surface area contributed by atoms with Crippen molar-refractivity contribution in [3.63, 3.8) is 0 Å². The minimum absolute atomic E-state index is 0.0128. The molecule has 1 rings (SSSR count). The summed E-state index contributed by atoms with van der Waals surface area (Å²) in [6.45, 7) is 70.8. The highest BCUT2D eigenvalue weighted by Crippen LogP contribution is 2.48. The second kappa shape index (κ2) is 22.3. The van der Waals surface area contributed by atoms with E-state index in [2.05, 4.69) is 219 Å². The van der Waals surface area contributed by atoms with Crippen molar-refractivity contribution in [3.8, 4) is 0 Å². The van der Waals surface area contributed by atoms with E-state index in [1.165, 1.54) is 0 Å². The zero-order chi connectivity index (χ0) is 50.0. The summed E-state index contributed by atoms with van der Waals surface area (Å²) in [7, 11) is -14.0. The maximum absolute atomic E-state index is 7.98.